The summed E-state index contributed by atoms with van der Waals surface area (Å²) < 4.78 is 27.3. The summed E-state index contributed by atoms with van der Waals surface area (Å²) in [7, 11) is -3.77. The van der Waals surface area contributed by atoms with Crippen LogP contribution in [0, 0.1) is 13.8 Å². The van der Waals surface area contributed by atoms with Crippen LogP contribution in [0.5, 0.6) is 0 Å². The predicted octanol–water partition coefficient (Wildman–Crippen LogP) is 2.73. The van der Waals surface area contributed by atoms with Crippen LogP contribution in [-0.2, 0) is 10.0 Å². The van der Waals surface area contributed by atoms with E-state index >= 15 is 0 Å². The number of nitrogens with two attached hydrogens (primary N) is 1. The number of aryl methyl sites for hydroxylation is 1. The first-order valence-corrected chi connectivity index (χ1v) is 7.67. The smallest absolute Gasteiger partial charge is 0.262 e. The van der Waals surface area contributed by atoms with Gasteiger partial charge in [-0.3, -0.25) is 4.72 Å². The van der Waals surface area contributed by atoms with Crippen LogP contribution < -0.4 is 10.5 Å². The fraction of sp³-hybridized carbons (Fsp3) is 0.154. The van der Waals surface area contributed by atoms with Gasteiger partial charge in [-0.2, -0.15) is 0 Å². The number of anilines is 2. The zero-order chi connectivity index (χ0) is 14.9. The first-order valence-electron chi connectivity index (χ1n) is 5.81. The molecule has 7 heteroatoms. The molecule has 1 heterocycles. The van der Waals surface area contributed by atoms with Crippen molar-refractivity contribution in [1.29, 1.82) is 0 Å². The van der Waals surface area contributed by atoms with Crippen molar-refractivity contribution in [3.05, 3.63) is 46.7 Å². The minimum Gasteiger partial charge on any atom is -0.398 e. The maximum atomic E-state index is 12.4. The molecule has 0 aliphatic rings. The molecule has 0 atom stereocenters. The highest BCUT2D eigenvalue weighted by molar-refractivity contribution is 7.92. The van der Waals surface area contributed by atoms with E-state index in [1.54, 1.807) is 38.1 Å². The fourth-order valence-electron chi connectivity index (χ4n) is 1.79. The molecule has 3 N–H and O–H groups in total. The molecule has 0 amide bonds. The van der Waals surface area contributed by atoms with Gasteiger partial charge in [-0.25, -0.2) is 13.4 Å². The highest BCUT2D eigenvalue weighted by Crippen LogP contribution is 2.27. The Morgan fingerprint density at radius 1 is 1.30 bits per heavy atom. The van der Waals surface area contributed by atoms with E-state index < -0.39 is 10.0 Å². The number of pyridine rings is 1. The Balaban J connectivity index is 2.49. The number of nitrogens with zero attached hydrogens (tertiary/aromatic N) is 1. The lowest BCUT2D eigenvalue weighted by Gasteiger charge is -2.13. The molecule has 2 aromatic rings. The van der Waals surface area contributed by atoms with E-state index in [1.807, 2.05) is 0 Å². The molecule has 0 fully saturated rings. The Labute approximate surface area is 122 Å². The Hall–Kier alpha value is -1.79. The maximum Gasteiger partial charge on any atom is 0.262 e. The third-order valence-electron chi connectivity index (χ3n) is 2.84. The summed E-state index contributed by atoms with van der Waals surface area (Å²) in [6.07, 6.45) is 1.48. The lowest BCUT2D eigenvalue weighted by Crippen LogP contribution is -2.15. The second-order valence-corrected chi connectivity index (χ2v) is 6.43. The van der Waals surface area contributed by atoms with E-state index in [4.69, 9.17) is 17.3 Å². The van der Waals surface area contributed by atoms with Gasteiger partial charge in [0.25, 0.3) is 10.0 Å². The molecule has 1 aromatic carbocycles. The quantitative estimate of drug-likeness (QED) is 0.674. The van der Waals surface area contributed by atoms with E-state index in [9.17, 15) is 8.42 Å². The van der Waals surface area contributed by atoms with Gasteiger partial charge in [0.15, 0.2) is 5.15 Å². The van der Waals surface area contributed by atoms with Gasteiger partial charge in [-0.05, 0) is 49.2 Å². The van der Waals surface area contributed by atoms with Gasteiger partial charge >= 0.3 is 0 Å². The van der Waals surface area contributed by atoms with Crippen molar-refractivity contribution in [2.24, 2.45) is 0 Å². The SMILES string of the molecule is Cc1cc(N)c(C)c(S(=O)(=O)Nc2cccnc2Cl)c1. The standard InChI is InChI=1S/C13H14ClN3O2S/c1-8-6-10(15)9(2)12(7-8)20(18,19)17-11-4-3-5-16-13(11)14/h3-7,17H,15H2,1-2H3. The third kappa shape index (κ3) is 2.86. The number of sulfonamides is 1. The van der Waals surface area contributed by atoms with E-state index in [-0.39, 0.29) is 15.7 Å². The number of benzene rings is 1. The van der Waals surface area contributed by atoms with Crippen LogP contribution in [-0.4, -0.2) is 13.4 Å². The van der Waals surface area contributed by atoms with Gasteiger partial charge in [0.2, 0.25) is 0 Å². The van der Waals surface area contributed by atoms with Crippen molar-refractivity contribution >= 4 is 33.0 Å². The Morgan fingerprint density at radius 3 is 2.65 bits per heavy atom. The van der Waals surface area contributed by atoms with E-state index in [2.05, 4.69) is 9.71 Å². The van der Waals surface area contributed by atoms with E-state index in [1.165, 1.54) is 6.20 Å². The summed E-state index contributed by atoms with van der Waals surface area (Å²) in [5.74, 6) is 0. The Bertz CT molecular complexity index is 760. The molecule has 0 bridgehead atoms. The summed E-state index contributed by atoms with van der Waals surface area (Å²) in [5, 5.41) is 0.0920. The molecular formula is C13H14ClN3O2S. The zero-order valence-corrected chi connectivity index (χ0v) is 12.6. The van der Waals surface area contributed by atoms with E-state index in [0.29, 0.717) is 11.3 Å². The van der Waals surface area contributed by atoms with Crippen LogP contribution in [0.1, 0.15) is 11.1 Å². The molecule has 0 radical (unpaired) electrons. The zero-order valence-electron chi connectivity index (χ0n) is 11.0. The van der Waals surface area contributed by atoms with Crippen molar-refractivity contribution in [1.82, 2.24) is 4.98 Å². The van der Waals surface area contributed by atoms with Crippen LogP contribution in [0.25, 0.3) is 0 Å². The van der Waals surface area contributed by atoms with Crippen molar-refractivity contribution in [3.63, 3.8) is 0 Å². The largest absolute Gasteiger partial charge is 0.398 e. The monoisotopic (exact) mass is 311 g/mol. The van der Waals surface area contributed by atoms with Gasteiger partial charge in [0.1, 0.15) is 0 Å². The van der Waals surface area contributed by atoms with Crippen molar-refractivity contribution in [2.45, 2.75) is 18.7 Å². The van der Waals surface area contributed by atoms with E-state index in [0.717, 1.165) is 5.56 Å². The minimum absolute atomic E-state index is 0.0920. The molecular weight excluding hydrogens is 298 g/mol. The minimum atomic E-state index is -3.77. The van der Waals surface area contributed by atoms with Crippen LogP contribution in [0.15, 0.2) is 35.4 Å². The highest BCUT2D eigenvalue weighted by Gasteiger charge is 2.20. The summed E-state index contributed by atoms with van der Waals surface area (Å²) >= 11 is 5.86. The molecule has 5 nitrogen and oxygen atoms in total. The first kappa shape index (κ1) is 14.6. The lowest BCUT2D eigenvalue weighted by atomic mass is 10.1. The number of nitrogen functional groups attached to an aromatic ring is 1. The summed E-state index contributed by atoms with van der Waals surface area (Å²) in [4.78, 5) is 3.96. The van der Waals surface area contributed by atoms with Crippen LogP contribution in [0.3, 0.4) is 0 Å². The van der Waals surface area contributed by atoms with Crippen molar-refractivity contribution < 1.29 is 8.42 Å². The molecule has 2 rings (SSSR count). The molecule has 0 saturated heterocycles. The summed E-state index contributed by atoms with van der Waals surface area (Å²) in [6.45, 7) is 3.44. The highest BCUT2D eigenvalue weighted by atomic mass is 35.5. The second-order valence-electron chi connectivity index (χ2n) is 4.42. The number of hydrogen-bond acceptors (Lipinski definition) is 4. The number of nitrogens with one attached hydrogen (secondary N) is 1. The van der Waals surface area contributed by atoms with Gasteiger partial charge in [0.05, 0.1) is 10.6 Å². The number of hydrogen-bond donors (Lipinski definition) is 2. The van der Waals surface area contributed by atoms with Gasteiger partial charge in [0, 0.05) is 11.9 Å². The molecule has 1 aromatic heterocycles. The second kappa shape index (κ2) is 5.30. The molecule has 0 aliphatic carbocycles. The summed E-state index contributed by atoms with van der Waals surface area (Å²) in [6, 6.07) is 6.44. The normalized spacial score (nSPS) is 11.3. The first-order chi connectivity index (χ1) is 9.31. The topological polar surface area (TPSA) is 85.1 Å². The molecule has 106 valence electrons. The number of rotatable bonds is 3. The molecule has 0 aliphatic heterocycles. The van der Waals surface area contributed by atoms with Crippen LogP contribution >= 0.6 is 11.6 Å². The predicted molar refractivity (Wildman–Crippen MR) is 80.4 cm³/mol. The average Bonchev–Trinajstić information content (AvgIpc) is 2.36. The Morgan fingerprint density at radius 2 is 2.00 bits per heavy atom. The summed E-state index contributed by atoms with van der Waals surface area (Å²) in [5.41, 5.74) is 7.75. The molecule has 20 heavy (non-hydrogen) atoms. The van der Waals surface area contributed by atoms with Crippen LogP contribution in [0.2, 0.25) is 5.15 Å². The van der Waals surface area contributed by atoms with Crippen molar-refractivity contribution in [3.8, 4) is 0 Å². The Kier molecular flexibility index (Phi) is 3.87. The van der Waals surface area contributed by atoms with Crippen LogP contribution in [0.4, 0.5) is 11.4 Å². The van der Waals surface area contributed by atoms with Gasteiger partial charge in [-0.1, -0.05) is 11.6 Å². The van der Waals surface area contributed by atoms with Crippen molar-refractivity contribution in [2.75, 3.05) is 10.5 Å². The third-order valence-corrected chi connectivity index (χ3v) is 4.63. The number of aromatic nitrogens is 1. The molecule has 0 spiro atoms. The maximum absolute atomic E-state index is 12.4. The fourth-order valence-corrected chi connectivity index (χ4v) is 3.44. The molecule has 0 unspecified atom stereocenters. The lowest BCUT2D eigenvalue weighted by molar-refractivity contribution is 0.600. The average molecular weight is 312 g/mol. The van der Waals surface area contributed by atoms with Gasteiger partial charge in [-0.15, -0.1) is 0 Å². The number of halogens is 1. The molecule has 0 saturated carbocycles. The van der Waals surface area contributed by atoms with Gasteiger partial charge < -0.3 is 5.73 Å².